The van der Waals surface area contributed by atoms with Crippen LogP contribution >= 0.6 is 0 Å². The number of ether oxygens (including phenoxy) is 2. The molecular formula is C19H20N6O5S. The number of rotatable bonds is 4. The van der Waals surface area contributed by atoms with Gasteiger partial charge in [0.05, 0.1) is 10.9 Å². The number of carbonyl (C=O) groups is 1. The van der Waals surface area contributed by atoms with Crippen molar-refractivity contribution in [3.8, 4) is 22.8 Å². The van der Waals surface area contributed by atoms with Crippen LogP contribution in [-0.2, 0) is 16.9 Å². The molecule has 0 atom stereocenters. The van der Waals surface area contributed by atoms with Crippen molar-refractivity contribution in [1.29, 1.82) is 0 Å². The smallest absolute Gasteiger partial charge is 0.271 e. The van der Waals surface area contributed by atoms with Gasteiger partial charge in [-0.3, -0.25) is 9.89 Å². The summed E-state index contributed by atoms with van der Waals surface area (Å²) in [5.74, 6) is 1.10. The molecule has 1 fully saturated rings. The van der Waals surface area contributed by atoms with Gasteiger partial charge >= 0.3 is 0 Å². The van der Waals surface area contributed by atoms with E-state index in [1.54, 1.807) is 24.1 Å². The van der Waals surface area contributed by atoms with E-state index in [4.69, 9.17) is 9.47 Å². The van der Waals surface area contributed by atoms with Crippen LogP contribution in [0.15, 0.2) is 35.7 Å². The van der Waals surface area contributed by atoms with E-state index >= 15 is 0 Å². The average molecular weight is 444 g/mol. The van der Waals surface area contributed by atoms with Crippen LogP contribution < -0.4 is 9.47 Å². The Morgan fingerprint density at radius 3 is 2.68 bits per heavy atom. The number of aromatic amines is 1. The SMILES string of the molecule is Cn1cnnc1S(=O)(=O)C1CCN(C(=O)c2cc(-c3ccc4c(c3)OCO4)n[nH]2)CC1. The molecule has 0 unspecified atom stereocenters. The van der Waals surface area contributed by atoms with Crippen LogP contribution in [0.4, 0.5) is 0 Å². The number of fused-ring (bicyclic) bond motifs is 1. The molecule has 0 bridgehead atoms. The Kier molecular flexibility index (Phi) is 4.65. The minimum absolute atomic E-state index is 0.0424. The number of piperidine rings is 1. The molecule has 2 aliphatic heterocycles. The van der Waals surface area contributed by atoms with E-state index in [1.807, 2.05) is 12.1 Å². The zero-order valence-electron chi connectivity index (χ0n) is 16.7. The number of benzene rings is 1. The van der Waals surface area contributed by atoms with Crippen molar-refractivity contribution in [3.05, 3.63) is 36.3 Å². The molecule has 0 aliphatic carbocycles. The first-order chi connectivity index (χ1) is 14.9. The highest BCUT2D eigenvalue weighted by Gasteiger charge is 2.36. The van der Waals surface area contributed by atoms with Crippen LogP contribution in [0.3, 0.4) is 0 Å². The summed E-state index contributed by atoms with van der Waals surface area (Å²) in [6, 6.07) is 7.15. The number of aryl methyl sites for hydroxylation is 1. The number of carbonyl (C=O) groups excluding carboxylic acids is 1. The number of sulfone groups is 1. The summed E-state index contributed by atoms with van der Waals surface area (Å²) < 4.78 is 37.7. The number of likely N-dealkylation sites (tertiary alicyclic amines) is 1. The Hall–Kier alpha value is -3.41. The van der Waals surface area contributed by atoms with E-state index in [2.05, 4.69) is 20.4 Å². The topological polar surface area (TPSA) is 132 Å². The third-order valence-corrected chi connectivity index (χ3v) is 7.80. The van der Waals surface area contributed by atoms with Crippen molar-refractivity contribution >= 4 is 15.7 Å². The fourth-order valence-corrected chi connectivity index (χ4v) is 5.59. The lowest BCUT2D eigenvalue weighted by atomic mass is 10.1. The summed E-state index contributed by atoms with van der Waals surface area (Å²) in [6.45, 7) is 0.851. The van der Waals surface area contributed by atoms with E-state index in [0.29, 0.717) is 48.8 Å². The van der Waals surface area contributed by atoms with Crippen molar-refractivity contribution in [1.82, 2.24) is 29.9 Å². The van der Waals surface area contributed by atoms with E-state index in [0.717, 1.165) is 5.56 Å². The lowest BCUT2D eigenvalue weighted by Gasteiger charge is -2.31. The monoisotopic (exact) mass is 444 g/mol. The quantitative estimate of drug-likeness (QED) is 0.631. The summed E-state index contributed by atoms with van der Waals surface area (Å²) >= 11 is 0. The Balaban J connectivity index is 1.27. The van der Waals surface area contributed by atoms with Crippen molar-refractivity contribution in [2.75, 3.05) is 19.9 Å². The van der Waals surface area contributed by atoms with E-state index in [1.165, 1.54) is 10.9 Å². The minimum atomic E-state index is -3.59. The van der Waals surface area contributed by atoms with Gasteiger partial charge in [0.25, 0.3) is 5.91 Å². The first-order valence-corrected chi connectivity index (χ1v) is 11.3. The van der Waals surface area contributed by atoms with Gasteiger partial charge in [-0.25, -0.2) is 8.42 Å². The first kappa shape index (κ1) is 19.5. The molecule has 162 valence electrons. The maximum atomic E-state index is 12.9. The third kappa shape index (κ3) is 3.42. The second-order valence-corrected chi connectivity index (χ2v) is 9.62. The normalized spacial score (nSPS) is 16.6. The Morgan fingerprint density at radius 1 is 1.16 bits per heavy atom. The summed E-state index contributed by atoms with van der Waals surface area (Å²) in [5.41, 5.74) is 1.76. The second kappa shape index (κ2) is 7.38. The highest BCUT2D eigenvalue weighted by molar-refractivity contribution is 7.91. The number of hydrogen-bond acceptors (Lipinski definition) is 8. The molecule has 0 spiro atoms. The van der Waals surface area contributed by atoms with E-state index in [-0.39, 0.29) is 17.9 Å². The molecule has 5 rings (SSSR count). The number of H-pyrrole nitrogens is 1. The second-order valence-electron chi connectivity index (χ2n) is 7.50. The molecule has 1 saturated heterocycles. The van der Waals surface area contributed by atoms with Gasteiger partial charge in [0, 0.05) is 25.7 Å². The van der Waals surface area contributed by atoms with Gasteiger partial charge in [-0.15, -0.1) is 10.2 Å². The van der Waals surface area contributed by atoms with Gasteiger partial charge in [0.15, 0.2) is 11.5 Å². The average Bonchev–Trinajstić information content (AvgIpc) is 3.53. The van der Waals surface area contributed by atoms with E-state index < -0.39 is 15.1 Å². The Labute approximate surface area is 177 Å². The zero-order valence-corrected chi connectivity index (χ0v) is 17.5. The largest absolute Gasteiger partial charge is 0.454 e. The summed E-state index contributed by atoms with van der Waals surface area (Å²) in [4.78, 5) is 14.5. The van der Waals surface area contributed by atoms with Crippen LogP contribution in [0.5, 0.6) is 11.5 Å². The number of aromatic nitrogens is 5. The maximum Gasteiger partial charge on any atom is 0.271 e. The predicted molar refractivity (Wildman–Crippen MR) is 107 cm³/mol. The molecule has 1 aromatic carbocycles. The molecule has 4 heterocycles. The standard InChI is InChI=1S/C19H20N6O5S/c1-24-10-20-23-19(24)31(27,28)13-4-6-25(7-5-13)18(26)15-9-14(21-22-15)12-2-3-16-17(8-12)30-11-29-16/h2-3,8-10,13H,4-7,11H2,1H3,(H,21,22). The molecule has 31 heavy (non-hydrogen) atoms. The molecule has 0 radical (unpaired) electrons. The van der Waals surface area contributed by atoms with Gasteiger partial charge in [-0.2, -0.15) is 5.10 Å². The van der Waals surface area contributed by atoms with Crippen molar-refractivity contribution in [2.45, 2.75) is 23.2 Å². The van der Waals surface area contributed by atoms with Gasteiger partial charge in [0.1, 0.15) is 12.0 Å². The summed E-state index contributed by atoms with van der Waals surface area (Å²) in [7, 11) is -1.99. The summed E-state index contributed by atoms with van der Waals surface area (Å²) in [6.07, 6.45) is 2.04. The molecule has 1 amide bonds. The molecule has 0 saturated carbocycles. The van der Waals surface area contributed by atoms with Gasteiger partial charge in [-0.1, -0.05) is 0 Å². The number of hydrogen-bond donors (Lipinski definition) is 1. The van der Waals surface area contributed by atoms with Gasteiger partial charge < -0.3 is 18.9 Å². The molecule has 11 nitrogen and oxygen atoms in total. The molecule has 12 heteroatoms. The Bertz CT molecular complexity index is 1240. The number of nitrogens with zero attached hydrogens (tertiary/aromatic N) is 5. The zero-order chi connectivity index (χ0) is 21.6. The fraction of sp³-hybridized carbons (Fsp3) is 0.368. The predicted octanol–water partition coefficient (Wildman–Crippen LogP) is 1.01. The van der Waals surface area contributed by atoms with Crippen molar-refractivity contribution in [3.63, 3.8) is 0 Å². The lowest BCUT2D eigenvalue weighted by Crippen LogP contribution is -2.43. The van der Waals surface area contributed by atoms with Crippen LogP contribution in [0.2, 0.25) is 0 Å². The van der Waals surface area contributed by atoms with Crippen LogP contribution in [0, 0.1) is 0 Å². The van der Waals surface area contributed by atoms with E-state index in [9.17, 15) is 13.2 Å². The Morgan fingerprint density at radius 2 is 1.94 bits per heavy atom. The highest BCUT2D eigenvalue weighted by atomic mass is 32.2. The first-order valence-electron chi connectivity index (χ1n) is 9.76. The maximum absolute atomic E-state index is 12.9. The summed E-state index contributed by atoms with van der Waals surface area (Å²) in [5, 5.41) is 13.8. The number of nitrogens with one attached hydrogen (secondary N) is 1. The van der Waals surface area contributed by atoms with Crippen LogP contribution in [0.25, 0.3) is 11.3 Å². The van der Waals surface area contributed by atoms with Crippen molar-refractivity contribution in [2.24, 2.45) is 7.05 Å². The van der Waals surface area contributed by atoms with Gasteiger partial charge in [-0.05, 0) is 37.1 Å². The van der Waals surface area contributed by atoms with Crippen LogP contribution in [0.1, 0.15) is 23.3 Å². The highest BCUT2D eigenvalue weighted by Crippen LogP contribution is 2.35. The molecule has 2 aromatic heterocycles. The third-order valence-electron chi connectivity index (χ3n) is 5.57. The van der Waals surface area contributed by atoms with Crippen LogP contribution in [-0.4, -0.2) is 69.3 Å². The van der Waals surface area contributed by atoms with Crippen molar-refractivity contribution < 1.29 is 22.7 Å². The van der Waals surface area contributed by atoms with Gasteiger partial charge in [0.2, 0.25) is 21.8 Å². The molecule has 1 N–H and O–H groups in total. The minimum Gasteiger partial charge on any atom is -0.454 e. The number of amides is 1. The molecule has 2 aliphatic rings. The fourth-order valence-electron chi connectivity index (χ4n) is 3.85. The molecular weight excluding hydrogens is 424 g/mol. The lowest BCUT2D eigenvalue weighted by molar-refractivity contribution is 0.0719. The molecule has 3 aromatic rings.